The van der Waals surface area contributed by atoms with Crippen molar-refractivity contribution in [1.29, 1.82) is 0 Å². The molecule has 1 heterocycles. The first kappa shape index (κ1) is 25.8. The summed E-state index contributed by atoms with van der Waals surface area (Å²) in [6, 6.07) is 26.4. The van der Waals surface area contributed by atoms with Crippen LogP contribution >= 0.6 is 11.8 Å². The molecular weight excluding hydrogens is 492 g/mol. The molecule has 0 radical (unpaired) electrons. The molecule has 0 fully saturated rings. The molecule has 0 saturated carbocycles. The van der Waals surface area contributed by atoms with Crippen molar-refractivity contribution in [2.45, 2.75) is 42.4 Å². The number of carbonyl (C=O) groups is 2. The molecule has 5 heteroatoms. The molecular formula is C33H30O4S. The molecule has 0 amide bonds. The Labute approximate surface area is 228 Å². The maximum absolute atomic E-state index is 13.6. The van der Waals surface area contributed by atoms with E-state index in [1.807, 2.05) is 54.6 Å². The molecule has 0 aliphatic carbocycles. The number of benzene rings is 4. The first-order valence-electron chi connectivity index (χ1n) is 12.9. The molecule has 0 bridgehead atoms. The van der Waals surface area contributed by atoms with Gasteiger partial charge in [0.1, 0.15) is 0 Å². The van der Waals surface area contributed by atoms with E-state index in [9.17, 15) is 9.59 Å². The molecule has 0 saturated heterocycles. The first-order chi connectivity index (χ1) is 18.6. The lowest BCUT2D eigenvalue weighted by atomic mass is 9.82. The van der Waals surface area contributed by atoms with Crippen LogP contribution in [0.4, 0.5) is 0 Å². The van der Waals surface area contributed by atoms with Crippen molar-refractivity contribution in [3.8, 4) is 33.4 Å². The average molecular weight is 523 g/mol. The Morgan fingerprint density at radius 1 is 0.684 bits per heavy atom. The number of rotatable bonds is 7. The van der Waals surface area contributed by atoms with Gasteiger partial charge in [-0.25, -0.2) is 9.59 Å². The molecule has 0 unspecified atom stereocenters. The normalized spacial score (nSPS) is 11.6. The second-order valence-corrected chi connectivity index (χ2v) is 10.3. The average Bonchev–Trinajstić information content (AvgIpc) is 3.11. The van der Waals surface area contributed by atoms with Gasteiger partial charge < -0.3 is 9.47 Å². The molecule has 5 rings (SSSR count). The van der Waals surface area contributed by atoms with Gasteiger partial charge in [-0.15, -0.1) is 0 Å². The quantitative estimate of drug-likeness (QED) is 0.158. The molecule has 4 nitrogen and oxygen atoms in total. The zero-order chi connectivity index (χ0) is 26.6. The molecule has 0 spiro atoms. The molecule has 192 valence electrons. The van der Waals surface area contributed by atoms with Gasteiger partial charge in [-0.1, -0.05) is 104 Å². The molecule has 38 heavy (non-hydrogen) atoms. The topological polar surface area (TPSA) is 52.6 Å². The molecule has 1 aliphatic heterocycles. The molecule has 4 aromatic carbocycles. The van der Waals surface area contributed by atoms with Crippen molar-refractivity contribution in [2.75, 3.05) is 14.2 Å². The minimum atomic E-state index is -0.546. The Morgan fingerprint density at radius 3 is 1.97 bits per heavy atom. The largest absolute Gasteiger partial charge is 0.465 e. The predicted octanol–water partition coefficient (Wildman–Crippen LogP) is 8.46. The number of hydrogen-bond acceptors (Lipinski definition) is 5. The summed E-state index contributed by atoms with van der Waals surface area (Å²) in [5.41, 5.74) is 7.22. The molecule has 1 aliphatic rings. The fourth-order valence-corrected chi connectivity index (χ4v) is 6.61. The van der Waals surface area contributed by atoms with E-state index >= 15 is 0 Å². The van der Waals surface area contributed by atoms with Crippen LogP contribution in [0.5, 0.6) is 0 Å². The number of fused-ring (bicyclic) bond motifs is 5. The highest BCUT2D eigenvalue weighted by Crippen LogP contribution is 2.54. The van der Waals surface area contributed by atoms with Crippen LogP contribution in [-0.4, -0.2) is 26.2 Å². The minimum absolute atomic E-state index is 0.264. The van der Waals surface area contributed by atoms with Crippen LogP contribution in [0.25, 0.3) is 33.4 Å². The van der Waals surface area contributed by atoms with Gasteiger partial charge in [-0.05, 0) is 46.7 Å². The van der Waals surface area contributed by atoms with Crippen molar-refractivity contribution >= 4 is 23.7 Å². The van der Waals surface area contributed by atoms with Crippen LogP contribution in [0.15, 0.2) is 88.7 Å². The van der Waals surface area contributed by atoms with E-state index in [1.54, 1.807) is 11.8 Å². The summed E-state index contributed by atoms with van der Waals surface area (Å²) in [7, 11) is 2.73. The summed E-state index contributed by atoms with van der Waals surface area (Å²) in [6.07, 6.45) is 3.58. The van der Waals surface area contributed by atoms with Crippen LogP contribution in [-0.2, 0) is 15.9 Å². The molecule has 4 aromatic rings. The number of ether oxygens (including phenoxy) is 2. The highest BCUT2D eigenvalue weighted by Gasteiger charge is 2.35. The summed E-state index contributed by atoms with van der Waals surface area (Å²) in [4.78, 5) is 29.2. The molecule has 0 N–H and O–H groups in total. The van der Waals surface area contributed by atoms with E-state index in [-0.39, 0.29) is 5.56 Å². The van der Waals surface area contributed by atoms with Gasteiger partial charge in [0, 0.05) is 20.9 Å². The molecule has 0 atom stereocenters. The zero-order valence-corrected chi connectivity index (χ0v) is 22.7. The van der Waals surface area contributed by atoms with Gasteiger partial charge >= 0.3 is 11.9 Å². The van der Waals surface area contributed by atoms with Gasteiger partial charge in [-0.3, -0.25) is 0 Å². The van der Waals surface area contributed by atoms with E-state index in [0.717, 1.165) is 62.4 Å². The first-order valence-corrected chi connectivity index (χ1v) is 13.7. The van der Waals surface area contributed by atoms with Gasteiger partial charge in [0.15, 0.2) is 0 Å². The van der Waals surface area contributed by atoms with Crippen LogP contribution < -0.4 is 0 Å². The summed E-state index contributed by atoms with van der Waals surface area (Å²) in [5, 5.41) is 0. The van der Waals surface area contributed by atoms with Gasteiger partial charge in [0.25, 0.3) is 0 Å². The van der Waals surface area contributed by atoms with Gasteiger partial charge in [-0.2, -0.15) is 0 Å². The Bertz CT molecular complexity index is 1510. The maximum Gasteiger partial charge on any atom is 0.339 e. The fourth-order valence-electron chi connectivity index (χ4n) is 5.30. The lowest BCUT2D eigenvalue weighted by Crippen LogP contribution is -2.18. The SMILES string of the molecule is CCCCCc1c(C(=O)OC)c(C(=O)OC)c(-c2ccccc2)c2c1-c1ccccc1-c1ccccc1S2. The number of esters is 2. The van der Waals surface area contributed by atoms with Crippen molar-refractivity contribution in [3.05, 3.63) is 95.6 Å². The summed E-state index contributed by atoms with van der Waals surface area (Å²) in [6.45, 7) is 2.15. The number of unbranched alkanes of at least 4 members (excludes halogenated alkanes) is 2. The Morgan fingerprint density at radius 2 is 1.29 bits per heavy atom. The van der Waals surface area contributed by atoms with E-state index in [1.165, 1.54) is 14.2 Å². The predicted molar refractivity (Wildman–Crippen MR) is 153 cm³/mol. The number of methoxy groups -OCH3 is 2. The lowest BCUT2D eigenvalue weighted by Gasteiger charge is -2.24. The third-order valence-electron chi connectivity index (χ3n) is 7.02. The standard InChI is InChI=1S/C33H30O4S/c1-4-5-7-19-25-28-24-18-11-10-16-22(24)23-17-12-13-20-26(23)38-31(28)27(21-14-8-6-9-15-21)30(33(35)37-3)29(25)32(34)36-2/h6,8-18,20H,4-5,7,19H2,1-3H3. The zero-order valence-electron chi connectivity index (χ0n) is 21.9. The highest BCUT2D eigenvalue weighted by atomic mass is 32.2. The summed E-state index contributed by atoms with van der Waals surface area (Å²) >= 11 is 1.64. The molecule has 0 aromatic heterocycles. The third kappa shape index (κ3) is 4.52. The Kier molecular flexibility index (Phi) is 7.66. The minimum Gasteiger partial charge on any atom is -0.465 e. The van der Waals surface area contributed by atoms with Crippen molar-refractivity contribution in [2.24, 2.45) is 0 Å². The van der Waals surface area contributed by atoms with Crippen LogP contribution in [0, 0.1) is 0 Å². The highest BCUT2D eigenvalue weighted by molar-refractivity contribution is 7.99. The van der Waals surface area contributed by atoms with E-state index < -0.39 is 11.9 Å². The fraction of sp³-hybridized carbons (Fsp3) is 0.212. The maximum atomic E-state index is 13.6. The summed E-state index contributed by atoms with van der Waals surface area (Å²) < 4.78 is 10.6. The van der Waals surface area contributed by atoms with Crippen molar-refractivity contribution < 1.29 is 19.1 Å². The van der Waals surface area contributed by atoms with Gasteiger partial charge in [0.05, 0.1) is 25.3 Å². The summed E-state index contributed by atoms with van der Waals surface area (Å²) in [5.74, 6) is -1.07. The van der Waals surface area contributed by atoms with Crippen LogP contribution in [0.1, 0.15) is 52.5 Å². The monoisotopic (exact) mass is 522 g/mol. The van der Waals surface area contributed by atoms with E-state index in [4.69, 9.17) is 9.47 Å². The second kappa shape index (κ2) is 11.3. The van der Waals surface area contributed by atoms with Crippen LogP contribution in [0.2, 0.25) is 0 Å². The van der Waals surface area contributed by atoms with E-state index in [0.29, 0.717) is 17.5 Å². The Hall–Kier alpha value is -3.83. The van der Waals surface area contributed by atoms with Gasteiger partial charge in [0.2, 0.25) is 0 Å². The van der Waals surface area contributed by atoms with Crippen LogP contribution in [0.3, 0.4) is 0 Å². The Balaban J connectivity index is 2.01. The number of carbonyl (C=O) groups excluding carboxylic acids is 2. The second-order valence-electron chi connectivity index (χ2n) is 9.26. The van der Waals surface area contributed by atoms with Crippen molar-refractivity contribution in [1.82, 2.24) is 0 Å². The third-order valence-corrected chi connectivity index (χ3v) is 8.20. The lowest BCUT2D eigenvalue weighted by molar-refractivity contribution is 0.0554. The van der Waals surface area contributed by atoms with Crippen molar-refractivity contribution in [3.63, 3.8) is 0 Å². The number of hydrogen-bond donors (Lipinski definition) is 0. The smallest absolute Gasteiger partial charge is 0.339 e. The van der Waals surface area contributed by atoms with E-state index in [2.05, 4.69) is 31.2 Å².